The number of hydrogen-bond donors (Lipinski definition) is 0. The minimum Gasteiger partial charge on any atom is -0.334 e. The lowest BCUT2D eigenvalue weighted by Crippen LogP contribution is -2.33. The summed E-state index contributed by atoms with van der Waals surface area (Å²) in [5.74, 6) is 2.46. The van der Waals surface area contributed by atoms with E-state index in [1.54, 1.807) is 7.05 Å². The van der Waals surface area contributed by atoms with Crippen LogP contribution in [0.1, 0.15) is 13.3 Å². The Hall–Kier alpha value is -0.490. The molecule has 0 aliphatic rings. The molecule has 0 aliphatic heterocycles. The molecule has 0 N–H and O–H groups in total. The van der Waals surface area contributed by atoms with E-state index >= 15 is 0 Å². The minimum atomic E-state index is -0.0964. The number of hydrogen-bond acceptors (Lipinski definition) is 1. The molecule has 0 rings (SSSR count). The first-order chi connectivity index (χ1) is 5.13. The zero-order valence-corrected chi connectivity index (χ0v) is 8.39. The lowest BCUT2D eigenvalue weighted by molar-refractivity contribution is -0.128. The molecule has 0 fully saturated rings. The Morgan fingerprint density at radius 1 is 1.82 bits per heavy atom. The van der Waals surface area contributed by atoms with E-state index in [1.165, 1.54) is 4.90 Å². The fourth-order valence-corrected chi connectivity index (χ4v) is 0.978. The molecule has 0 heterocycles. The zero-order valence-electron chi connectivity index (χ0n) is 6.80. The van der Waals surface area contributed by atoms with Crippen molar-refractivity contribution in [3.05, 3.63) is 0 Å². The molecule has 0 saturated heterocycles. The summed E-state index contributed by atoms with van der Waals surface area (Å²) in [6, 6.07) is 0. The van der Waals surface area contributed by atoms with Gasteiger partial charge in [0, 0.05) is 7.05 Å². The van der Waals surface area contributed by atoms with Crippen molar-refractivity contribution >= 4 is 21.8 Å². The lowest BCUT2D eigenvalue weighted by Gasteiger charge is -2.16. The molecule has 0 aromatic rings. The van der Waals surface area contributed by atoms with Gasteiger partial charge in [0.15, 0.2) is 0 Å². The van der Waals surface area contributed by atoms with Gasteiger partial charge < -0.3 is 4.90 Å². The largest absolute Gasteiger partial charge is 0.334 e. The summed E-state index contributed by atoms with van der Waals surface area (Å²) in [5.41, 5.74) is 0. The molecule has 62 valence electrons. The van der Waals surface area contributed by atoms with Crippen molar-refractivity contribution in [2.75, 3.05) is 13.6 Å². The Morgan fingerprint density at radius 2 is 2.36 bits per heavy atom. The highest BCUT2D eigenvalue weighted by molar-refractivity contribution is 9.10. The summed E-state index contributed by atoms with van der Waals surface area (Å²) in [4.78, 5) is 12.7. The molecule has 2 nitrogen and oxygen atoms in total. The number of alkyl halides is 1. The van der Waals surface area contributed by atoms with Gasteiger partial charge >= 0.3 is 0 Å². The van der Waals surface area contributed by atoms with Gasteiger partial charge in [-0.3, -0.25) is 4.79 Å². The smallest absolute Gasteiger partial charge is 0.236 e. The molecule has 0 aromatic carbocycles. The molecule has 0 spiro atoms. The average Bonchev–Trinajstić information content (AvgIpc) is 2.02. The van der Waals surface area contributed by atoms with Gasteiger partial charge in [0.25, 0.3) is 0 Å². The van der Waals surface area contributed by atoms with Gasteiger partial charge in [-0.15, -0.1) is 6.42 Å². The molecule has 0 aliphatic carbocycles. The maximum atomic E-state index is 11.2. The molecule has 11 heavy (non-hydrogen) atoms. The fraction of sp³-hybridized carbons (Fsp3) is 0.625. The molecule has 0 aromatic heterocycles. The zero-order chi connectivity index (χ0) is 8.85. The fourth-order valence-electron chi connectivity index (χ4n) is 0.629. The maximum absolute atomic E-state index is 11.2. The summed E-state index contributed by atoms with van der Waals surface area (Å²) < 4.78 is 0. The molecular weight excluding hydrogens is 206 g/mol. The third-order valence-corrected chi connectivity index (χ3v) is 2.37. The van der Waals surface area contributed by atoms with Crippen LogP contribution in [0.25, 0.3) is 0 Å². The van der Waals surface area contributed by atoms with Crippen molar-refractivity contribution in [1.29, 1.82) is 0 Å². The first kappa shape index (κ1) is 10.5. The Bertz CT molecular complexity index is 173. The van der Waals surface area contributed by atoms with E-state index in [0.29, 0.717) is 6.54 Å². The van der Waals surface area contributed by atoms with Crippen LogP contribution in [0, 0.1) is 12.3 Å². The predicted molar refractivity (Wildman–Crippen MR) is 49.5 cm³/mol. The highest BCUT2D eigenvalue weighted by atomic mass is 79.9. The minimum absolute atomic E-state index is 0.0467. The highest BCUT2D eigenvalue weighted by Gasteiger charge is 2.15. The number of rotatable bonds is 3. The topological polar surface area (TPSA) is 20.3 Å². The normalized spacial score (nSPS) is 11.8. The number of halogens is 1. The Morgan fingerprint density at radius 3 is 2.73 bits per heavy atom. The number of carbonyl (C=O) groups is 1. The van der Waals surface area contributed by atoms with Crippen LogP contribution in [0.3, 0.4) is 0 Å². The predicted octanol–water partition coefficient (Wildman–Crippen LogP) is 1.25. The number of amides is 1. The van der Waals surface area contributed by atoms with Crippen LogP contribution in [0.4, 0.5) is 0 Å². The van der Waals surface area contributed by atoms with Crippen molar-refractivity contribution in [1.82, 2.24) is 4.90 Å². The number of carbonyl (C=O) groups excluding carboxylic acids is 1. The molecule has 1 amide bonds. The summed E-state index contributed by atoms with van der Waals surface area (Å²) >= 11 is 3.25. The van der Waals surface area contributed by atoms with E-state index in [4.69, 9.17) is 6.42 Å². The molecule has 0 bridgehead atoms. The van der Waals surface area contributed by atoms with Gasteiger partial charge in [-0.05, 0) is 6.42 Å². The van der Waals surface area contributed by atoms with Crippen molar-refractivity contribution < 1.29 is 4.79 Å². The Balaban J connectivity index is 3.93. The molecule has 3 heteroatoms. The monoisotopic (exact) mass is 217 g/mol. The average molecular weight is 218 g/mol. The first-order valence-electron chi connectivity index (χ1n) is 3.46. The standard InChI is InChI=1S/C8H12BrNO/c1-4-6-10(3)8(11)7(9)5-2/h1,7H,5-6H2,2-3H3. The second-order valence-electron chi connectivity index (χ2n) is 2.27. The molecule has 1 unspecified atom stereocenters. The van der Waals surface area contributed by atoms with E-state index < -0.39 is 0 Å². The van der Waals surface area contributed by atoms with Crippen LogP contribution < -0.4 is 0 Å². The van der Waals surface area contributed by atoms with Crippen LogP contribution in [-0.2, 0) is 4.79 Å². The summed E-state index contributed by atoms with van der Waals surface area (Å²) in [7, 11) is 1.70. The van der Waals surface area contributed by atoms with Crippen LogP contribution in [-0.4, -0.2) is 29.2 Å². The molecule has 1 atom stereocenters. The van der Waals surface area contributed by atoms with Gasteiger partial charge in [0.2, 0.25) is 5.91 Å². The SMILES string of the molecule is C#CCN(C)C(=O)C(Br)CC. The molecular formula is C8H12BrNO. The van der Waals surface area contributed by atoms with Crippen molar-refractivity contribution in [2.24, 2.45) is 0 Å². The van der Waals surface area contributed by atoms with Gasteiger partial charge in [-0.25, -0.2) is 0 Å². The van der Waals surface area contributed by atoms with Crippen molar-refractivity contribution in [2.45, 2.75) is 18.2 Å². The van der Waals surface area contributed by atoms with Crippen molar-refractivity contribution in [3.63, 3.8) is 0 Å². The second-order valence-corrected chi connectivity index (χ2v) is 3.38. The van der Waals surface area contributed by atoms with Crippen LogP contribution in [0.2, 0.25) is 0 Å². The van der Waals surface area contributed by atoms with Gasteiger partial charge in [-0.1, -0.05) is 28.8 Å². The summed E-state index contributed by atoms with van der Waals surface area (Å²) in [5, 5.41) is 0. The van der Waals surface area contributed by atoms with Crippen LogP contribution >= 0.6 is 15.9 Å². The van der Waals surface area contributed by atoms with Gasteiger partial charge in [0.1, 0.15) is 0 Å². The van der Waals surface area contributed by atoms with E-state index in [1.807, 2.05) is 6.92 Å². The lowest BCUT2D eigenvalue weighted by atomic mass is 10.3. The third kappa shape index (κ3) is 3.43. The first-order valence-corrected chi connectivity index (χ1v) is 4.37. The highest BCUT2D eigenvalue weighted by Crippen LogP contribution is 2.07. The summed E-state index contributed by atoms with van der Waals surface area (Å²) in [6.45, 7) is 2.32. The number of nitrogens with zero attached hydrogens (tertiary/aromatic N) is 1. The van der Waals surface area contributed by atoms with E-state index in [2.05, 4.69) is 21.9 Å². The molecule has 0 radical (unpaired) electrons. The Kier molecular flexibility index (Phi) is 4.97. The van der Waals surface area contributed by atoms with Crippen LogP contribution in [0.5, 0.6) is 0 Å². The number of terminal acetylenes is 1. The Labute approximate surface area is 76.1 Å². The quantitative estimate of drug-likeness (QED) is 0.515. The van der Waals surface area contributed by atoms with E-state index in [0.717, 1.165) is 6.42 Å². The second kappa shape index (κ2) is 5.20. The van der Waals surface area contributed by atoms with Gasteiger partial charge in [-0.2, -0.15) is 0 Å². The molecule has 0 saturated carbocycles. The maximum Gasteiger partial charge on any atom is 0.236 e. The van der Waals surface area contributed by atoms with E-state index in [9.17, 15) is 4.79 Å². The van der Waals surface area contributed by atoms with Gasteiger partial charge in [0.05, 0.1) is 11.4 Å². The van der Waals surface area contributed by atoms with E-state index in [-0.39, 0.29) is 10.7 Å². The third-order valence-electron chi connectivity index (χ3n) is 1.33. The van der Waals surface area contributed by atoms with Crippen molar-refractivity contribution in [3.8, 4) is 12.3 Å². The summed E-state index contributed by atoms with van der Waals surface area (Å²) in [6.07, 6.45) is 5.84. The van der Waals surface area contributed by atoms with Crippen LogP contribution in [0.15, 0.2) is 0 Å².